The second kappa shape index (κ2) is 4.71. The number of benzene rings is 2. The number of hydrogen-bond acceptors (Lipinski definition) is 2. The van der Waals surface area contributed by atoms with Crippen molar-refractivity contribution < 1.29 is 4.74 Å². The van der Waals surface area contributed by atoms with E-state index in [1.165, 1.54) is 0 Å². The molecule has 0 radical (unpaired) electrons. The molecule has 2 heteroatoms. The van der Waals surface area contributed by atoms with Gasteiger partial charge in [0, 0.05) is 0 Å². The molecule has 0 aromatic heterocycles. The summed E-state index contributed by atoms with van der Waals surface area (Å²) >= 11 is 0. The summed E-state index contributed by atoms with van der Waals surface area (Å²) in [4.78, 5) is 0. The maximum absolute atomic E-state index is 8.80. The smallest absolute Gasteiger partial charge is 0.130 e. The van der Waals surface area contributed by atoms with Crippen LogP contribution in [0.2, 0.25) is 0 Å². The molecule has 0 saturated heterocycles. The van der Waals surface area contributed by atoms with Crippen molar-refractivity contribution in [3.8, 4) is 17.6 Å². The van der Waals surface area contributed by atoms with Crippen LogP contribution in [0.15, 0.2) is 42.5 Å². The van der Waals surface area contributed by atoms with Gasteiger partial charge in [0.1, 0.15) is 11.5 Å². The van der Waals surface area contributed by atoms with Crippen molar-refractivity contribution in [3.63, 3.8) is 0 Å². The Morgan fingerprint density at radius 1 is 0.941 bits per heavy atom. The van der Waals surface area contributed by atoms with Gasteiger partial charge in [0.15, 0.2) is 0 Å². The first kappa shape index (κ1) is 11.2. The molecule has 17 heavy (non-hydrogen) atoms. The zero-order valence-corrected chi connectivity index (χ0v) is 9.90. The van der Waals surface area contributed by atoms with Crippen LogP contribution in [0.4, 0.5) is 0 Å². The summed E-state index contributed by atoms with van der Waals surface area (Å²) in [5, 5.41) is 8.80. The molecule has 2 aromatic carbocycles. The maximum atomic E-state index is 8.80. The Bertz CT molecular complexity index is 582. The van der Waals surface area contributed by atoms with Gasteiger partial charge in [-0.1, -0.05) is 18.2 Å². The predicted octanol–water partition coefficient (Wildman–Crippen LogP) is 3.97. The van der Waals surface area contributed by atoms with Crippen molar-refractivity contribution in [2.75, 3.05) is 0 Å². The highest BCUT2D eigenvalue weighted by Crippen LogP contribution is 2.27. The summed E-state index contributed by atoms with van der Waals surface area (Å²) in [5.74, 6) is 1.64. The fourth-order valence-corrected chi connectivity index (χ4v) is 1.62. The average molecular weight is 223 g/mol. The number of para-hydroxylation sites is 1. The van der Waals surface area contributed by atoms with Gasteiger partial charge < -0.3 is 4.74 Å². The van der Waals surface area contributed by atoms with Gasteiger partial charge in [-0.15, -0.1) is 0 Å². The third kappa shape index (κ3) is 2.46. The summed E-state index contributed by atoms with van der Waals surface area (Å²) in [5.41, 5.74) is 2.71. The minimum absolute atomic E-state index is 0.652. The van der Waals surface area contributed by atoms with Crippen LogP contribution in [0.3, 0.4) is 0 Å². The van der Waals surface area contributed by atoms with Gasteiger partial charge in [0.05, 0.1) is 11.6 Å². The average Bonchev–Trinajstić information content (AvgIpc) is 2.34. The largest absolute Gasteiger partial charge is 0.457 e. The van der Waals surface area contributed by atoms with Crippen LogP contribution in [0.25, 0.3) is 0 Å². The van der Waals surface area contributed by atoms with Crippen molar-refractivity contribution in [3.05, 3.63) is 59.2 Å². The molecule has 0 bridgehead atoms. The molecule has 2 aromatic rings. The van der Waals surface area contributed by atoms with E-state index in [1.54, 1.807) is 6.07 Å². The summed E-state index contributed by atoms with van der Waals surface area (Å²) in [6, 6.07) is 15.4. The van der Waals surface area contributed by atoms with E-state index < -0.39 is 0 Å². The van der Waals surface area contributed by atoms with Crippen LogP contribution in [0, 0.1) is 25.2 Å². The number of nitrogens with zero attached hydrogens (tertiary/aromatic N) is 1. The number of hydrogen-bond donors (Lipinski definition) is 0. The standard InChI is InChI=1S/C15H13NO/c1-11-5-3-4-6-14(11)17-15-8-7-13(10-16)9-12(15)2/h3-9H,1-2H3. The molecule has 0 spiro atoms. The normalized spacial score (nSPS) is 9.71. The first-order valence-electron chi connectivity index (χ1n) is 5.45. The van der Waals surface area contributed by atoms with Crippen LogP contribution in [0.1, 0.15) is 16.7 Å². The van der Waals surface area contributed by atoms with Crippen molar-refractivity contribution in [2.24, 2.45) is 0 Å². The fourth-order valence-electron chi connectivity index (χ4n) is 1.62. The second-order valence-electron chi connectivity index (χ2n) is 3.96. The molecule has 0 atom stereocenters. The monoisotopic (exact) mass is 223 g/mol. The van der Waals surface area contributed by atoms with Gasteiger partial charge in [0.2, 0.25) is 0 Å². The lowest BCUT2D eigenvalue weighted by molar-refractivity contribution is 0.475. The SMILES string of the molecule is Cc1ccccc1Oc1ccc(C#N)cc1C. The van der Waals surface area contributed by atoms with E-state index in [9.17, 15) is 0 Å². The van der Waals surface area contributed by atoms with Crippen molar-refractivity contribution >= 4 is 0 Å². The summed E-state index contributed by atoms with van der Waals surface area (Å²) in [6.45, 7) is 3.95. The van der Waals surface area contributed by atoms with Gasteiger partial charge in [-0.25, -0.2) is 0 Å². The van der Waals surface area contributed by atoms with E-state index in [0.29, 0.717) is 5.56 Å². The molecule has 2 rings (SSSR count). The van der Waals surface area contributed by atoms with Gasteiger partial charge in [-0.05, 0) is 49.2 Å². The number of aryl methyl sites for hydroxylation is 2. The minimum atomic E-state index is 0.652. The highest BCUT2D eigenvalue weighted by atomic mass is 16.5. The molecule has 0 aliphatic rings. The number of rotatable bonds is 2. The molecule has 0 fully saturated rings. The van der Waals surface area contributed by atoms with E-state index in [1.807, 2.05) is 50.2 Å². The second-order valence-corrected chi connectivity index (χ2v) is 3.96. The maximum Gasteiger partial charge on any atom is 0.130 e. The Kier molecular flexibility index (Phi) is 3.11. The molecular weight excluding hydrogens is 210 g/mol. The third-order valence-electron chi connectivity index (χ3n) is 2.62. The molecule has 0 aliphatic heterocycles. The summed E-state index contributed by atoms with van der Waals surface area (Å²) in [7, 11) is 0. The van der Waals surface area contributed by atoms with Gasteiger partial charge in [-0.3, -0.25) is 0 Å². The van der Waals surface area contributed by atoms with Crippen LogP contribution >= 0.6 is 0 Å². The Morgan fingerprint density at radius 2 is 1.65 bits per heavy atom. The fraction of sp³-hybridized carbons (Fsp3) is 0.133. The first-order valence-corrected chi connectivity index (χ1v) is 5.45. The van der Waals surface area contributed by atoms with Gasteiger partial charge in [-0.2, -0.15) is 5.26 Å². The van der Waals surface area contributed by atoms with E-state index in [4.69, 9.17) is 10.00 Å². The predicted molar refractivity (Wildman–Crippen MR) is 67.1 cm³/mol. The highest BCUT2D eigenvalue weighted by Gasteiger charge is 2.04. The lowest BCUT2D eigenvalue weighted by Gasteiger charge is -2.10. The van der Waals surface area contributed by atoms with E-state index in [-0.39, 0.29) is 0 Å². The molecule has 0 saturated carbocycles. The van der Waals surface area contributed by atoms with Crippen molar-refractivity contribution in [1.82, 2.24) is 0 Å². The van der Waals surface area contributed by atoms with Crippen LogP contribution in [0.5, 0.6) is 11.5 Å². The Morgan fingerprint density at radius 3 is 2.29 bits per heavy atom. The highest BCUT2D eigenvalue weighted by molar-refractivity contribution is 5.44. The quantitative estimate of drug-likeness (QED) is 0.771. The number of nitriles is 1. The lowest BCUT2D eigenvalue weighted by atomic mass is 10.1. The molecule has 0 unspecified atom stereocenters. The molecule has 0 N–H and O–H groups in total. The Balaban J connectivity index is 2.32. The van der Waals surface area contributed by atoms with Crippen LogP contribution < -0.4 is 4.74 Å². The number of ether oxygens (including phenoxy) is 1. The van der Waals surface area contributed by atoms with E-state index in [0.717, 1.165) is 22.6 Å². The Hall–Kier alpha value is -2.27. The summed E-state index contributed by atoms with van der Waals surface area (Å²) in [6.07, 6.45) is 0. The molecular formula is C15H13NO. The lowest BCUT2D eigenvalue weighted by Crippen LogP contribution is -1.90. The topological polar surface area (TPSA) is 33.0 Å². The van der Waals surface area contributed by atoms with Crippen molar-refractivity contribution in [1.29, 1.82) is 5.26 Å². The van der Waals surface area contributed by atoms with E-state index >= 15 is 0 Å². The molecule has 84 valence electrons. The van der Waals surface area contributed by atoms with Crippen LogP contribution in [-0.4, -0.2) is 0 Å². The minimum Gasteiger partial charge on any atom is -0.457 e. The zero-order valence-electron chi connectivity index (χ0n) is 9.90. The molecule has 0 amide bonds. The molecule has 0 aliphatic carbocycles. The first-order chi connectivity index (χ1) is 8.20. The molecule has 0 heterocycles. The van der Waals surface area contributed by atoms with E-state index in [2.05, 4.69) is 6.07 Å². The third-order valence-corrected chi connectivity index (χ3v) is 2.62. The zero-order chi connectivity index (χ0) is 12.3. The summed E-state index contributed by atoms with van der Waals surface area (Å²) < 4.78 is 5.83. The molecule has 2 nitrogen and oxygen atoms in total. The van der Waals surface area contributed by atoms with Gasteiger partial charge >= 0.3 is 0 Å². The van der Waals surface area contributed by atoms with Gasteiger partial charge in [0.25, 0.3) is 0 Å². The van der Waals surface area contributed by atoms with Crippen molar-refractivity contribution in [2.45, 2.75) is 13.8 Å². The van der Waals surface area contributed by atoms with Crippen LogP contribution in [-0.2, 0) is 0 Å². The Labute approximate surface area is 101 Å².